The molecule has 0 saturated carbocycles. The Labute approximate surface area is 83.1 Å². The standard InChI is InChI=1S/C11H13NO2/c1-2-14-11(13)9-4-3-8-5-6-12-10(8)7-9/h4-8,12H,2-3H2,1H3. The van der Waals surface area contributed by atoms with Crippen LogP contribution in [0.5, 0.6) is 0 Å². The fourth-order valence-electron chi connectivity index (χ4n) is 1.66. The smallest absolute Gasteiger partial charge is 0.337 e. The molecule has 3 heteroatoms. The minimum Gasteiger partial charge on any atom is -0.462 e. The number of fused-ring (bicyclic) bond motifs is 1. The van der Waals surface area contributed by atoms with Gasteiger partial charge in [-0.25, -0.2) is 4.79 Å². The molecule has 0 aromatic rings. The number of carbonyl (C=O) groups excluding carboxylic acids is 1. The molecule has 0 bridgehead atoms. The van der Waals surface area contributed by atoms with Gasteiger partial charge in [0.15, 0.2) is 0 Å². The Morgan fingerprint density at radius 3 is 3.36 bits per heavy atom. The Balaban J connectivity index is 2.10. The van der Waals surface area contributed by atoms with Crippen LogP contribution in [0.15, 0.2) is 35.7 Å². The summed E-state index contributed by atoms with van der Waals surface area (Å²) in [5, 5.41) is 3.12. The monoisotopic (exact) mass is 191 g/mol. The molecule has 0 fully saturated rings. The van der Waals surface area contributed by atoms with E-state index in [1.807, 2.05) is 25.3 Å². The molecule has 1 N–H and O–H groups in total. The predicted molar refractivity (Wildman–Crippen MR) is 53.2 cm³/mol. The highest BCUT2D eigenvalue weighted by Crippen LogP contribution is 2.26. The molecule has 1 unspecified atom stereocenters. The molecule has 1 atom stereocenters. The fourth-order valence-corrected chi connectivity index (χ4v) is 1.66. The molecule has 0 spiro atoms. The molecular formula is C11H13NO2. The number of ether oxygens (including phenoxy) is 1. The number of carbonyl (C=O) groups is 1. The quantitative estimate of drug-likeness (QED) is 0.672. The third-order valence-corrected chi connectivity index (χ3v) is 2.39. The summed E-state index contributed by atoms with van der Waals surface area (Å²) >= 11 is 0. The van der Waals surface area contributed by atoms with Crippen LogP contribution in [0.2, 0.25) is 0 Å². The molecule has 14 heavy (non-hydrogen) atoms. The summed E-state index contributed by atoms with van der Waals surface area (Å²) in [4.78, 5) is 11.4. The van der Waals surface area contributed by atoms with E-state index in [0.717, 1.165) is 12.1 Å². The van der Waals surface area contributed by atoms with Crippen molar-refractivity contribution in [1.29, 1.82) is 0 Å². The number of hydrogen-bond donors (Lipinski definition) is 1. The zero-order chi connectivity index (χ0) is 9.97. The molecule has 0 aromatic heterocycles. The molecule has 0 radical (unpaired) electrons. The van der Waals surface area contributed by atoms with E-state index in [9.17, 15) is 4.79 Å². The Kier molecular flexibility index (Phi) is 2.39. The van der Waals surface area contributed by atoms with Crippen molar-refractivity contribution in [2.24, 2.45) is 5.92 Å². The number of allylic oxidation sites excluding steroid dienone is 2. The lowest BCUT2D eigenvalue weighted by atomic mass is 9.95. The van der Waals surface area contributed by atoms with Crippen LogP contribution in [0.25, 0.3) is 0 Å². The molecule has 1 aliphatic heterocycles. The average Bonchev–Trinajstić information content (AvgIpc) is 2.64. The van der Waals surface area contributed by atoms with E-state index in [0.29, 0.717) is 18.1 Å². The summed E-state index contributed by atoms with van der Waals surface area (Å²) < 4.78 is 4.93. The van der Waals surface area contributed by atoms with Gasteiger partial charge in [0.2, 0.25) is 0 Å². The highest BCUT2D eigenvalue weighted by molar-refractivity contribution is 5.92. The minimum absolute atomic E-state index is 0.229. The summed E-state index contributed by atoms with van der Waals surface area (Å²) in [7, 11) is 0. The largest absolute Gasteiger partial charge is 0.462 e. The number of nitrogens with one attached hydrogen (secondary N) is 1. The van der Waals surface area contributed by atoms with Gasteiger partial charge >= 0.3 is 5.97 Å². The Morgan fingerprint density at radius 2 is 2.57 bits per heavy atom. The summed E-state index contributed by atoms with van der Waals surface area (Å²) in [6, 6.07) is 0. The molecule has 0 aromatic carbocycles. The van der Waals surface area contributed by atoms with Crippen LogP contribution < -0.4 is 5.32 Å². The fraction of sp³-hybridized carbons (Fsp3) is 0.364. The van der Waals surface area contributed by atoms with Crippen molar-refractivity contribution in [3.8, 4) is 0 Å². The van der Waals surface area contributed by atoms with E-state index in [1.165, 1.54) is 0 Å². The second-order valence-electron chi connectivity index (χ2n) is 3.33. The molecule has 2 aliphatic rings. The topological polar surface area (TPSA) is 38.3 Å². The lowest BCUT2D eigenvalue weighted by Crippen LogP contribution is -2.15. The first-order chi connectivity index (χ1) is 6.81. The maximum absolute atomic E-state index is 11.4. The van der Waals surface area contributed by atoms with Crippen molar-refractivity contribution < 1.29 is 9.53 Å². The van der Waals surface area contributed by atoms with Crippen molar-refractivity contribution in [2.75, 3.05) is 6.61 Å². The zero-order valence-electron chi connectivity index (χ0n) is 8.12. The first-order valence-corrected chi connectivity index (χ1v) is 4.83. The summed E-state index contributed by atoms with van der Waals surface area (Å²) in [5.74, 6) is 0.195. The van der Waals surface area contributed by atoms with Crippen molar-refractivity contribution in [3.05, 3.63) is 35.7 Å². The third kappa shape index (κ3) is 1.58. The SMILES string of the molecule is CCOC(=O)C1=CCC2C=CNC2=C1. The van der Waals surface area contributed by atoms with Crippen molar-refractivity contribution in [1.82, 2.24) is 5.32 Å². The van der Waals surface area contributed by atoms with Gasteiger partial charge in [-0.3, -0.25) is 0 Å². The van der Waals surface area contributed by atoms with Gasteiger partial charge < -0.3 is 10.1 Å². The Hall–Kier alpha value is -1.51. The summed E-state index contributed by atoms with van der Waals surface area (Å²) in [6.45, 7) is 2.24. The van der Waals surface area contributed by atoms with Crippen LogP contribution in [0.1, 0.15) is 13.3 Å². The van der Waals surface area contributed by atoms with Gasteiger partial charge in [0.05, 0.1) is 12.2 Å². The summed E-state index contributed by atoms with van der Waals surface area (Å²) in [6.07, 6.45) is 8.70. The van der Waals surface area contributed by atoms with Gasteiger partial charge in [-0.1, -0.05) is 12.2 Å². The maximum Gasteiger partial charge on any atom is 0.337 e. The first kappa shape index (κ1) is 9.06. The number of rotatable bonds is 2. The zero-order valence-corrected chi connectivity index (χ0v) is 8.12. The van der Waals surface area contributed by atoms with Crippen molar-refractivity contribution in [3.63, 3.8) is 0 Å². The second kappa shape index (κ2) is 3.70. The van der Waals surface area contributed by atoms with Gasteiger partial charge in [0, 0.05) is 11.6 Å². The molecule has 1 heterocycles. The second-order valence-corrected chi connectivity index (χ2v) is 3.33. The lowest BCUT2D eigenvalue weighted by molar-refractivity contribution is -0.138. The average molecular weight is 191 g/mol. The van der Waals surface area contributed by atoms with Gasteiger partial charge in [-0.2, -0.15) is 0 Å². The molecule has 74 valence electrons. The van der Waals surface area contributed by atoms with Crippen LogP contribution in [-0.2, 0) is 9.53 Å². The van der Waals surface area contributed by atoms with E-state index in [4.69, 9.17) is 4.74 Å². The molecule has 0 saturated heterocycles. The van der Waals surface area contributed by atoms with Crippen LogP contribution in [-0.4, -0.2) is 12.6 Å². The number of hydrogen-bond acceptors (Lipinski definition) is 3. The van der Waals surface area contributed by atoms with Crippen molar-refractivity contribution >= 4 is 5.97 Å². The maximum atomic E-state index is 11.4. The van der Waals surface area contributed by atoms with Crippen LogP contribution in [0.4, 0.5) is 0 Å². The number of esters is 1. The van der Waals surface area contributed by atoms with Gasteiger partial charge in [0.1, 0.15) is 0 Å². The third-order valence-electron chi connectivity index (χ3n) is 2.39. The molecule has 2 rings (SSSR count). The minimum atomic E-state index is -0.229. The molecule has 0 amide bonds. The first-order valence-electron chi connectivity index (χ1n) is 4.83. The summed E-state index contributed by atoms with van der Waals surface area (Å²) in [5.41, 5.74) is 1.75. The Morgan fingerprint density at radius 1 is 1.71 bits per heavy atom. The highest BCUT2D eigenvalue weighted by atomic mass is 16.5. The van der Waals surface area contributed by atoms with E-state index < -0.39 is 0 Å². The van der Waals surface area contributed by atoms with Crippen molar-refractivity contribution in [2.45, 2.75) is 13.3 Å². The normalized spacial score (nSPS) is 23.4. The van der Waals surface area contributed by atoms with Gasteiger partial charge in [-0.15, -0.1) is 0 Å². The predicted octanol–water partition coefficient (Wildman–Crippen LogP) is 1.50. The lowest BCUT2D eigenvalue weighted by Gasteiger charge is -2.15. The molecule has 3 nitrogen and oxygen atoms in total. The molecular weight excluding hydrogens is 178 g/mol. The van der Waals surface area contributed by atoms with E-state index in [-0.39, 0.29) is 5.97 Å². The van der Waals surface area contributed by atoms with E-state index >= 15 is 0 Å². The van der Waals surface area contributed by atoms with Crippen LogP contribution in [0, 0.1) is 5.92 Å². The Bertz CT molecular complexity index is 339. The van der Waals surface area contributed by atoms with Crippen LogP contribution >= 0.6 is 0 Å². The van der Waals surface area contributed by atoms with Gasteiger partial charge in [0.25, 0.3) is 0 Å². The van der Waals surface area contributed by atoms with Gasteiger partial charge in [-0.05, 0) is 25.6 Å². The molecule has 1 aliphatic carbocycles. The van der Waals surface area contributed by atoms with Crippen LogP contribution in [0.3, 0.4) is 0 Å². The van der Waals surface area contributed by atoms with E-state index in [2.05, 4.69) is 11.4 Å². The highest BCUT2D eigenvalue weighted by Gasteiger charge is 2.21. The van der Waals surface area contributed by atoms with E-state index in [1.54, 1.807) is 0 Å².